The molecule has 6 nitrogen and oxygen atoms in total. The van der Waals surface area contributed by atoms with E-state index in [1.165, 1.54) is 0 Å². The van der Waals surface area contributed by atoms with Gasteiger partial charge in [0.25, 0.3) is 5.91 Å². The van der Waals surface area contributed by atoms with E-state index < -0.39 is 0 Å². The van der Waals surface area contributed by atoms with E-state index in [1.54, 1.807) is 12.4 Å². The number of aromatic nitrogens is 1. The van der Waals surface area contributed by atoms with Gasteiger partial charge >= 0.3 is 0 Å². The zero-order valence-electron chi connectivity index (χ0n) is 18.4. The molecule has 2 amide bonds. The molecule has 1 aliphatic rings. The van der Waals surface area contributed by atoms with Crippen molar-refractivity contribution in [3.05, 3.63) is 59.4 Å². The van der Waals surface area contributed by atoms with Crippen LogP contribution in [0.3, 0.4) is 0 Å². The van der Waals surface area contributed by atoms with Gasteiger partial charge in [-0.05, 0) is 83.0 Å². The van der Waals surface area contributed by atoms with Gasteiger partial charge in [-0.25, -0.2) is 0 Å². The summed E-state index contributed by atoms with van der Waals surface area (Å²) in [6.45, 7) is 10.6. The van der Waals surface area contributed by atoms with Crippen LogP contribution in [0.15, 0.2) is 42.7 Å². The number of pyridine rings is 1. The molecule has 0 atom stereocenters. The van der Waals surface area contributed by atoms with Crippen molar-refractivity contribution in [1.82, 2.24) is 15.2 Å². The molecule has 0 unspecified atom stereocenters. The smallest absolute Gasteiger partial charge is 0.257 e. The quantitative estimate of drug-likeness (QED) is 0.790. The number of benzene rings is 1. The zero-order valence-corrected chi connectivity index (χ0v) is 18.4. The Labute approximate surface area is 179 Å². The number of carbonyl (C=O) groups excluding carboxylic acids is 2. The number of aryl methyl sites for hydroxylation is 1. The normalized spacial score (nSPS) is 15.6. The Morgan fingerprint density at radius 3 is 2.53 bits per heavy atom. The van der Waals surface area contributed by atoms with Gasteiger partial charge in [-0.1, -0.05) is 12.1 Å². The van der Waals surface area contributed by atoms with Crippen LogP contribution < -0.4 is 10.6 Å². The minimum atomic E-state index is -0.187. The lowest BCUT2D eigenvalue weighted by molar-refractivity contribution is -0.127. The van der Waals surface area contributed by atoms with Crippen LogP contribution in [0.5, 0.6) is 0 Å². The fraction of sp³-hybridized carbons (Fsp3) is 0.458. The van der Waals surface area contributed by atoms with Crippen molar-refractivity contribution in [3.8, 4) is 0 Å². The molecule has 2 aromatic rings. The number of amides is 2. The van der Waals surface area contributed by atoms with Crippen molar-refractivity contribution in [1.29, 1.82) is 0 Å². The number of hydrogen-bond acceptors (Lipinski definition) is 4. The van der Waals surface area contributed by atoms with Crippen molar-refractivity contribution in [2.75, 3.05) is 18.4 Å². The van der Waals surface area contributed by atoms with Crippen LogP contribution in [0.4, 0.5) is 5.69 Å². The average Bonchev–Trinajstić information content (AvgIpc) is 2.67. The molecule has 1 fully saturated rings. The van der Waals surface area contributed by atoms with Crippen LogP contribution in [-0.2, 0) is 11.3 Å². The van der Waals surface area contributed by atoms with E-state index in [1.807, 2.05) is 52.0 Å². The van der Waals surface area contributed by atoms with Gasteiger partial charge in [-0.2, -0.15) is 0 Å². The Balaban J connectivity index is 1.53. The monoisotopic (exact) mass is 408 g/mol. The first-order valence-electron chi connectivity index (χ1n) is 10.6. The lowest BCUT2D eigenvalue weighted by atomic mass is 9.94. The van der Waals surface area contributed by atoms with Crippen molar-refractivity contribution in [2.45, 2.75) is 52.6 Å². The number of likely N-dealkylation sites (tertiary alicyclic amines) is 1. The standard InChI is InChI=1S/C24H32N4O2/c1-17-12-20(15-25-14-17)22(29)26-21-7-5-6-18(13-21)16-28-10-8-19(9-11-28)23(30)27-24(2,3)4/h5-7,12-15,19H,8-11,16H2,1-4H3,(H,26,29)(H,27,30). The van der Waals surface area contributed by atoms with Crippen LogP contribution in [0.1, 0.15) is 55.1 Å². The maximum absolute atomic E-state index is 12.5. The Kier molecular flexibility index (Phi) is 6.87. The summed E-state index contributed by atoms with van der Waals surface area (Å²) in [4.78, 5) is 31.3. The molecule has 3 rings (SSSR count). The predicted molar refractivity (Wildman–Crippen MR) is 119 cm³/mol. The van der Waals surface area contributed by atoms with Crippen LogP contribution in [0, 0.1) is 12.8 Å². The van der Waals surface area contributed by atoms with E-state index in [0.717, 1.165) is 49.3 Å². The third-order valence-corrected chi connectivity index (χ3v) is 5.18. The van der Waals surface area contributed by atoms with Crippen LogP contribution >= 0.6 is 0 Å². The number of nitrogens with one attached hydrogen (secondary N) is 2. The lowest BCUT2D eigenvalue weighted by Gasteiger charge is -2.33. The lowest BCUT2D eigenvalue weighted by Crippen LogP contribution is -2.46. The highest BCUT2D eigenvalue weighted by Crippen LogP contribution is 2.21. The third-order valence-electron chi connectivity index (χ3n) is 5.18. The highest BCUT2D eigenvalue weighted by Gasteiger charge is 2.27. The topological polar surface area (TPSA) is 74.3 Å². The summed E-state index contributed by atoms with van der Waals surface area (Å²) in [5.41, 5.74) is 3.24. The average molecular weight is 409 g/mol. The first kappa shape index (κ1) is 22.0. The van der Waals surface area contributed by atoms with Crippen molar-refractivity contribution in [3.63, 3.8) is 0 Å². The van der Waals surface area contributed by atoms with Gasteiger partial charge in [0.05, 0.1) is 5.56 Å². The van der Waals surface area contributed by atoms with E-state index >= 15 is 0 Å². The van der Waals surface area contributed by atoms with Gasteiger partial charge in [0.2, 0.25) is 5.91 Å². The molecule has 2 N–H and O–H groups in total. The zero-order chi connectivity index (χ0) is 21.7. The maximum Gasteiger partial charge on any atom is 0.257 e. The minimum Gasteiger partial charge on any atom is -0.351 e. The van der Waals surface area contributed by atoms with Gasteiger partial charge in [0.1, 0.15) is 0 Å². The summed E-state index contributed by atoms with van der Waals surface area (Å²) < 4.78 is 0. The minimum absolute atomic E-state index is 0.0917. The van der Waals surface area contributed by atoms with E-state index in [0.29, 0.717) is 5.56 Å². The summed E-state index contributed by atoms with van der Waals surface area (Å²) in [6.07, 6.45) is 5.05. The predicted octanol–water partition coefficient (Wildman–Crippen LogP) is 3.77. The second-order valence-electron chi connectivity index (χ2n) is 9.20. The van der Waals surface area contributed by atoms with E-state index in [4.69, 9.17) is 0 Å². The number of rotatable bonds is 5. The fourth-order valence-electron chi connectivity index (χ4n) is 3.71. The largest absolute Gasteiger partial charge is 0.351 e. The van der Waals surface area contributed by atoms with E-state index in [-0.39, 0.29) is 23.3 Å². The Bertz CT molecular complexity index is 896. The summed E-state index contributed by atoms with van der Waals surface area (Å²) >= 11 is 0. The van der Waals surface area contributed by atoms with Gasteiger partial charge in [-0.3, -0.25) is 19.5 Å². The molecule has 0 radical (unpaired) electrons. The van der Waals surface area contributed by atoms with E-state index in [2.05, 4.69) is 26.6 Å². The molecule has 0 saturated carbocycles. The molecule has 2 heterocycles. The first-order valence-corrected chi connectivity index (χ1v) is 10.6. The van der Waals surface area contributed by atoms with Crippen LogP contribution in [0.2, 0.25) is 0 Å². The Morgan fingerprint density at radius 1 is 1.13 bits per heavy atom. The van der Waals surface area contributed by atoms with Gasteiger partial charge in [0.15, 0.2) is 0 Å². The molecule has 160 valence electrons. The number of nitrogens with zero attached hydrogens (tertiary/aromatic N) is 2. The molecule has 1 aliphatic heterocycles. The first-order chi connectivity index (χ1) is 14.2. The molecule has 0 aliphatic carbocycles. The number of piperidine rings is 1. The maximum atomic E-state index is 12.5. The highest BCUT2D eigenvalue weighted by molar-refractivity contribution is 6.04. The van der Waals surface area contributed by atoms with Gasteiger partial charge in [0, 0.05) is 36.1 Å². The van der Waals surface area contributed by atoms with Crippen LogP contribution in [-0.4, -0.2) is 40.3 Å². The molecule has 30 heavy (non-hydrogen) atoms. The third kappa shape index (κ3) is 6.39. The Morgan fingerprint density at radius 2 is 1.87 bits per heavy atom. The van der Waals surface area contributed by atoms with Gasteiger partial charge < -0.3 is 10.6 Å². The summed E-state index contributed by atoms with van der Waals surface area (Å²) in [5, 5.41) is 6.05. The molecule has 1 saturated heterocycles. The molecule has 1 aromatic carbocycles. The second kappa shape index (κ2) is 9.39. The molecule has 0 bridgehead atoms. The second-order valence-corrected chi connectivity index (χ2v) is 9.20. The van der Waals surface area contributed by atoms with Crippen molar-refractivity contribution in [2.24, 2.45) is 5.92 Å². The molecule has 6 heteroatoms. The van der Waals surface area contributed by atoms with Crippen molar-refractivity contribution < 1.29 is 9.59 Å². The van der Waals surface area contributed by atoms with Crippen LogP contribution in [0.25, 0.3) is 0 Å². The molecule has 0 spiro atoms. The molecular formula is C24H32N4O2. The Hall–Kier alpha value is -2.73. The number of anilines is 1. The summed E-state index contributed by atoms with van der Waals surface area (Å²) in [6, 6.07) is 9.77. The summed E-state index contributed by atoms with van der Waals surface area (Å²) in [5.74, 6) is 0.0977. The van der Waals surface area contributed by atoms with Gasteiger partial charge in [-0.15, -0.1) is 0 Å². The molecule has 1 aromatic heterocycles. The SMILES string of the molecule is Cc1cncc(C(=O)Nc2cccc(CN3CCC(C(=O)NC(C)(C)C)CC3)c2)c1. The fourth-order valence-corrected chi connectivity index (χ4v) is 3.71. The van der Waals surface area contributed by atoms with E-state index in [9.17, 15) is 9.59 Å². The molecular weight excluding hydrogens is 376 g/mol. The number of hydrogen-bond donors (Lipinski definition) is 2. The number of carbonyl (C=O) groups is 2. The highest BCUT2D eigenvalue weighted by atomic mass is 16.2. The van der Waals surface area contributed by atoms with Crippen molar-refractivity contribution >= 4 is 17.5 Å². The summed E-state index contributed by atoms with van der Waals surface area (Å²) in [7, 11) is 0.